The molecular formula is C12H25ClN2O. The van der Waals surface area contributed by atoms with E-state index in [9.17, 15) is 4.79 Å². The smallest absolute Gasteiger partial charge is 0.224 e. The van der Waals surface area contributed by atoms with Crippen molar-refractivity contribution >= 4 is 18.3 Å². The molecular weight excluding hydrogens is 224 g/mol. The van der Waals surface area contributed by atoms with Crippen molar-refractivity contribution in [3.8, 4) is 0 Å². The molecule has 0 aromatic rings. The zero-order chi connectivity index (χ0) is 11.3. The van der Waals surface area contributed by atoms with Gasteiger partial charge in [-0.2, -0.15) is 0 Å². The fourth-order valence-corrected chi connectivity index (χ4v) is 2.44. The van der Waals surface area contributed by atoms with Gasteiger partial charge >= 0.3 is 0 Å². The number of carbonyl (C=O) groups excluding carboxylic acids is 1. The third-order valence-corrected chi connectivity index (χ3v) is 3.43. The number of halogens is 1. The van der Waals surface area contributed by atoms with Crippen molar-refractivity contribution in [2.45, 2.75) is 64.5 Å². The summed E-state index contributed by atoms with van der Waals surface area (Å²) in [5.74, 6) is 0.249. The Bertz CT molecular complexity index is 205. The zero-order valence-corrected chi connectivity index (χ0v) is 11.3. The van der Waals surface area contributed by atoms with Crippen molar-refractivity contribution in [2.75, 3.05) is 6.54 Å². The van der Waals surface area contributed by atoms with E-state index in [0.29, 0.717) is 25.0 Å². The van der Waals surface area contributed by atoms with E-state index in [1.165, 1.54) is 25.7 Å². The number of amides is 1. The van der Waals surface area contributed by atoms with Crippen LogP contribution < -0.4 is 5.73 Å². The van der Waals surface area contributed by atoms with Gasteiger partial charge in [-0.25, -0.2) is 0 Å². The van der Waals surface area contributed by atoms with Gasteiger partial charge in [0.05, 0.1) is 0 Å². The molecule has 1 atom stereocenters. The maximum absolute atomic E-state index is 12.0. The Morgan fingerprint density at radius 3 is 2.44 bits per heavy atom. The topological polar surface area (TPSA) is 46.3 Å². The van der Waals surface area contributed by atoms with Crippen molar-refractivity contribution in [2.24, 2.45) is 5.73 Å². The number of hydrogen-bond acceptors (Lipinski definition) is 2. The molecule has 0 heterocycles. The maximum atomic E-state index is 12.0. The van der Waals surface area contributed by atoms with Crippen LogP contribution in [0.4, 0.5) is 0 Å². The van der Waals surface area contributed by atoms with Gasteiger partial charge in [-0.05, 0) is 26.2 Å². The fraction of sp³-hybridized carbons (Fsp3) is 0.917. The molecule has 1 unspecified atom stereocenters. The highest BCUT2D eigenvalue weighted by atomic mass is 35.5. The summed E-state index contributed by atoms with van der Waals surface area (Å²) in [5, 5.41) is 0. The molecule has 2 N–H and O–H groups in total. The monoisotopic (exact) mass is 248 g/mol. The van der Waals surface area contributed by atoms with Crippen LogP contribution in [0.1, 0.15) is 52.4 Å². The second kappa shape index (κ2) is 7.91. The molecule has 1 saturated carbocycles. The van der Waals surface area contributed by atoms with Gasteiger partial charge in [0.2, 0.25) is 5.91 Å². The van der Waals surface area contributed by atoms with Gasteiger partial charge in [-0.1, -0.05) is 19.8 Å². The number of carbonyl (C=O) groups is 1. The maximum Gasteiger partial charge on any atom is 0.224 e. The van der Waals surface area contributed by atoms with Crippen LogP contribution in [0.15, 0.2) is 0 Å². The average Bonchev–Trinajstić information content (AvgIpc) is 2.71. The van der Waals surface area contributed by atoms with Crippen molar-refractivity contribution in [3.05, 3.63) is 0 Å². The quantitative estimate of drug-likeness (QED) is 0.812. The lowest BCUT2D eigenvalue weighted by Crippen LogP contribution is -2.45. The number of nitrogens with two attached hydrogens (primary N) is 1. The second-order valence-corrected chi connectivity index (χ2v) is 4.54. The van der Waals surface area contributed by atoms with Gasteiger partial charge in [0.25, 0.3) is 0 Å². The first-order valence-electron chi connectivity index (χ1n) is 6.22. The SMILES string of the molecule is CCC(C)N(C(=O)CCN)C1CCCC1.Cl. The van der Waals surface area contributed by atoms with Gasteiger partial charge in [-0.15, -0.1) is 12.4 Å². The molecule has 4 heteroatoms. The van der Waals surface area contributed by atoms with Gasteiger partial charge in [0.15, 0.2) is 0 Å². The van der Waals surface area contributed by atoms with Gasteiger partial charge in [-0.3, -0.25) is 4.79 Å². The molecule has 16 heavy (non-hydrogen) atoms. The van der Waals surface area contributed by atoms with Crippen LogP contribution in [0.5, 0.6) is 0 Å². The normalized spacial score (nSPS) is 17.9. The highest BCUT2D eigenvalue weighted by molar-refractivity contribution is 5.85. The minimum absolute atomic E-state index is 0. The molecule has 1 amide bonds. The highest BCUT2D eigenvalue weighted by Gasteiger charge is 2.28. The van der Waals surface area contributed by atoms with E-state index in [4.69, 9.17) is 5.73 Å². The predicted molar refractivity (Wildman–Crippen MR) is 69.8 cm³/mol. The first kappa shape index (κ1) is 15.7. The first-order valence-corrected chi connectivity index (χ1v) is 6.22. The third kappa shape index (κ3) is 3.95. The van der Waals surface area contributed by atoms with Gasteiger partial charge in [0.1, 0.15) is 0 Å². The van der Waals surface area contributed by atoms with Gasteiger partial charge < -0.3 is 10.6 Å². The molecule has 1 fully saturated rings. The second-order valence-electron chi connectivity index (χ2n) is 4.54. The van der Waals surface area contributed by atoms with E-state index in [2.05, 4.69) is 18.7 Å². The summed E-state index contributed by atoms with van der Waals surface area (Å²) >= 11 is 0. The van der Waals surface area contributed by atoms with Crippen LogP contribution in [0, 0.1) is 0 Å². The number of nitrogens with zero attached hydrogens (tertiary/aromatic N) is 1. The number of rotatable bonds is 5. The molecule has 1 aliphatic rings. The summed E-state index contributed by atoms with van der Waals surface area (Å²) in [5.41, 5.74) is 5.46. The van der Waals surface area contributed by atoms with E-state index in [0.717, 1.165) is 6.42 Å². The lowest BCUT2D eigenvalue weighted by Gasteiger charge is -2.34. The summed E-state index contributed by atoms with van der Waals surface area (Å²) in [6.45, 7) is 4.76. The predicted octanol–water partition coefficient (Wildman–Crippen LogP) is 2.33. The Kier molecular flexibility index (Phi) is 7.77. The van der Waals surface area contributed by atoms with E-state index < -0.39 is 0 Å². The van der Waals surface area contributed by atoms with E-state index >= 15 is 0 Å². The Morgan fingerprint density at radius 2 is 2.00 bits per heavy atom. The van der Waals surface area contributed by atoms with E-state index in [1.54, 1.807) is 0 Å². The van der Waals surface area contributed by atoms with Crippen LogP contribution >= 0.6 is 12.4 Å². The van der Waals surface area contributed by atoms with Gasteiger partial charge in [0, 0.05) is 25.0 Å². The molecule has 3 nitrogen and oxygen atoms in total. The van der Waals surface area contributed by atoms with Crippen molar-refractivity contribution in [1.82, 2.24) is 4.90 Å². The third-order valence-electron chi connectivity index (χ3n) is 3.43. The fourth-order valence-electron chi connectivity index (χ4n) is 2.44. The van der Waals surface area contributed by atoms with Crippen molar-refractivity contribution < 1.29 is 4.79 Å². The largest absolute Gasteiger partial charge is 0.337 e. The minimum atomic E-state index is 0. The minimum Gasteiger partial charge on any atom is -0.337 e. The molecule has 0 aliphatic heterocycles. The summed E-state index contributed by atoms with van der Waals surface area (Å²) in [6.07, 6.45) is 6.44. The Morgan fingerprint density at radius 1 is 1.44 bits per heavy atom. The summed E-state index contributed by atoms with van der Waals surface area (Å²) < 4.78 is 0. The molecule has 1 aliphatic carbocycles. The Hall–Kier alpha value is -0.280. The molecule has 0 bridgehead atoms. The van der Waals surface area contributed by atoms with Crippen LogP contribution in [-0.4, -0.2) is 29.4 Å². The Labute approximate surface area is 105 Å². The molecule has 0 aromatic heterocycles. The molecule has 0 radical (unpaired) electrons. The molecule has 0 saturated heterocycles. The molecule has 0 aromatic carbocycles. The van der Waals surface area contributed by atoms with Crippen LogP contribution in [-0.2, 0) is 4.79 Å². The summed E-state index contributed by atoms with van der Waals surface area (Å²) in [7, 11) is 0. The molecule has 0 spiro atoms. The Balaban J connectivity index is 0.00000225. The lowest BCUT2D eigenvalue weighted by molar-refractivity contribution is -0.135. The van der Waals surface area contributed by atoms with E-state index in [1.807, 2.05) is 0 Å². The lowest BCUT2D eigenvalue weighted by atomic mass is 10.1. The van der Waals surface area contributed by atoms with E-state index in [-0.39, 0.29) is 18.3 Å². The van der Waals surface area contributed by atoms with Crippen molar-refractivity contribution in [3.63, 3.8) is 0 Å². The average molecular weight is 249 g/mol. The van der Waals surface area contributed by atoms with Crippen LogP contribution in [0.3, 0.4) is 0 Å². The first-order chi connectivity index (χ1) is 7.20. The standard InChI is InChI=1S/C12H24N2O.ClH/c1-3-10(2)14(12(15)8-9-13)11-6-4-5-7-11;/h10-11H,3-9,13H2,1-2H3;1H. The zero-order valence-electron chi connectivity index (χ0n) is 10.4. The highest BCUT2D eigenvalue weighted by Crippen LogP contribution is 2.26. The van der Waals surface area contributed by atoms with Crippen LogP contribution in [0.25, 0.3) is 0 Å². The summed E-state index contributed by atoms with van der Waals surface area (Å²) in [6, 6.07) is 0.853. The molecule has 1 rings (SSSR count). The molecule has 96 valence electrons. The van der Waals surface area contributed by atoms with Crippen LogP contribution in [0.2, 0.25) is 0 Å². The van der Waals surface area contributed by atoms with Crippen molar-refractivity contribution in [1.29, 1.82) is 0 Å². The number of hydrogen-bond donors (Lipinski definition) is 1. The summed E-state index contributed by atoms with van der Waals surface area (Å²) in [4.78, 5) is 14.1.